The Balaban J connectivity index is 1.23. The van der Waals surface area contributed by atoms with Crippen LogP contribution in [0.2, 0.25) is 0 Å². The van der Waals surface area contributed by atoms with E-state index in [1.165, 1.54) is 5.56 Å². The molecule has 2 saturated heterocycles. The van der Waals surface area contributed by atoms with Crippen LogP contribution in [0.3, 0.4) is 0 Å². The first-order valence-corrected chi connectivity index (χ1v) is 8.68. The van der Waals surface area contributed by atoms with Gasteiger partial charge in [-0.05, 0) is 19.1 Å². The summed E-state index contributed by atoms with van der Waals surface area (Å²) >= 11 is 0. The zero-order valence-electron chi connectivity index (χ0n) is 14.2. The molecule has 0 unspecified atom stereocenters. The van der Waals surface area contributed by atoms with E-state index in [2.05, 4.69) is 41.8 Å². The Morgan fingerprint density at radius 3 is 2.42 bits per heavy atom. The lowest BCUT2D eigenvalue weighted by Gasteiger charge is -2.48. The molecule has 2 aliphatic rings. The molecule has 0 bridgehead atoms. The number of piperazine rings is 1. The molecule has 0 N–H and O–H groups in total. The van der Waals surface area contributed by atoms with E-state index in [9.17, 15) is 0 Å². The van der Waals surface area contributed by atoms with E-state index in [1.54, 1.807) is 0 Å². The van der Waals surface area contributed by atoms with E-state index in [0.29, 0.717) is 6.04 Å². The molecule has 0 atom stereocenters. The van der Waals surface area contributed by atoms with Crippen molar-refractivity contribution in [1.82, 2.24) is 24.8 Å². The molecule has 6 heteroatoms. The zero-order chi connectivity index (χ0) is 16.4. The highest BCUT2D eigenvalue weighted by molar-refractivity contribution is 5.38. The molecule has 4 rings (SSSR count). The standard InChI is InChI=1S/C18H24N6/c1-15-20-10-16(11-21-15)12-22-13-17(14-22)23-6-8-24(9-7-23)18-4-2-3-5-19-18/h2-5,10-11,17H,6-9,12-14H2,1H3. The Hall–Kier alpha value is -2.05. The number of hydrogen-bond acceptors (Lipinski definition) is 6. The lowest BCUT2D eigenvalue weighted by molar-refractivity contribution is 0.0254. The Morgan fingerprint density at radius 2 is 1.75 bits per heavy atom. The second-order valence-electron chi connectivity index (χ2n) is 6.70. The minimum Gasteiger partial charge on any atom is -0.354 e. The summed E-state index contributed by atoms with van der Waals surface area (Å²) in [6, 6.07) is 6.83. The third-order valence-electron chi connectivity index (χ3n) is 4.98. The lowest BCUT2D eigenvalue weighted by atomic mass is 10.1. The maximum atomic E-state index is 4.46. The maximum absolute atomic E-state index is 4.46. The van der Waals surface area contributed by atoms with Crippen molar-refractivity contribution in [1.29, 1.82) is 0 Å². The molecule has 0 spiro atoms. The summed E-state index contributed by atoms with van der Waals surface area (Å²) in [5, 5.41) is 0. The molecule has 2 aromatic heterocycles. The minimum atomic E-state index is 0.697. The molecule has 6 nitrogen and oxygen atoms in total. The van der Waals surface area contributed by atoms with Crippen LogP contribution in [0.5, 0.6) is 0 Å². The van der Waals surface area contributed by atoms with Crippen molar-refractivity contribution in [2.45, 2.75) is 19.5 Å². The molecule has 0 radical (unpaired) electrons. The second-order valence-corrected chi connectivity index (χ2v) is 6.70. The Kier molecular flexibility index (Phi) is 4.40. The summed E-state index contributed by atoms with van der Waals surface area (Å²) in [6.07, 6.45) is 5.77. The van der Waals surface area contributed by atoms with E-state index < -0.39 is 0 Å². The highest BCUT2D eigenvalue weighted by atomic mass is 15.4. The van der Waals surface area contributed by atoms with Crippen molar-refractivity contribution in [2.75, 3.05) is 44.2 Å². The fraction of sp³-hybridized carbons (Fsp3) is 0.500. The molecule has 0 saturated carbocycles. The molecule has 4 heterocycles. The number of aromatic nitrogens is 3. The van der Waals surface area contributed by atoms with Crippen molar-refractivity contribution >= 4 is 5.82 Å². The van der Waals surface area contributed by atoms with Gasteiger partial charge >= 0.3 is 0 Å². The smallest absolute Gasteiger partial charge is 0.128 e. The Bertz CT molecular complexity index is 645. The summed E-state index contributed by atoms with van der Waals surface area (Å²) in [7, 11) is 0. The number of hydrogen-bond donors (Lipinski definition) is 0. The van der Waals surface area contributed by atoms with E-state index >= 15 is 0 Å². The quantitative estimate of drug-likeness (QED) is 0.842. The predicted octanol–water partition coefficient (Wildman–Crippen LogP) is 1.19. The lowest BCUT2D eigenvalue weighted by Crippen LogP contribution is -2.62. The van der Waals surface area contributed by atoms with Gasteiger partial charge in [0.2, 0.25) is 0 Å². The van der Waals surface area contributed by atoms with Crippen molar-refractivity contribution in [3.8, 4) is 0 Å². The van der Waals surface area contributed by atoms with Crippen molar-refractivity contribution in [2.24, 2.45) is 0 Å². The largest absolute Gasteiger partial charge is 0.354 e. The van der Waals surface area contributed by atoms with Crippen LogP contribution in [-0.2, 0) is 6.54 Å². The van der Waals surface area contributed by atoms with Crippen molar-refractivity contribution in [3.05, 3.63) is 48.2 Å². The molecule has 0 aromatic carbocycles. The highest BCUT2D eigenvalue weighted by Crippen LogP contribution is 2.20. The summed E-state index contributed by atoms with van der Waals surface area (Å²) in [5.41, 5.74) is 1.21. The van der Waals surface area contributed by atoms with Crippen LogP contribution < -0.4 is 4.90 Å². The van der Waals surface area contributed by atoms with Crippen LogP contribution in [0, 0.1) is 6.92 Å². The van der Waals surface area contributed by atoms with Crippen molar-refractivity contribution < 1.29 is 0 Å². The summed E-state index contributed by atoms with van der Waals surface area (Å²) < 4.78 is 0. The number of anilines is 1. The van der Waals surface area contributed by atoms with Crippen LogP contribution in [0.1, 0.15) is 11.4 Å². The normalized spacial score (nSPS) is 20.1. The van der Waals surface area contributed by atoms with E-state index in [1.807, 2.05) is 31.6 Å². The summed E-state index contributed by atoms with van der Waals surface area (Å²) in [4.78, 5) is 20.5. The molecule has 24 heavy (non-hydrogen) atoms. The van der Waals surface area contributed by atoms with Crippen LogP contribution in [0.4, 0.5) is 5.82 Å². The highest BCUT2D eigenvalue weighted by Gasteiger charge is 2.33. The van der Waals surface area contributed by atoms with Crippen LogP contribution in [0.25, 0.3) is 0 Å². The third kappa shape index (κ3) is 3.39. The average Bonchev–Trinajstić information content (AvgIpc) is 2.60. The first kappa shape index (κ1) is 15.5. The molecule has 2 fully saturated rings. The number of rotatable bonds is 4. The van der Waals surface area contributed by atoms with E-state index in [4.69, 9.17) is 0 Å². The Morgan fingerprint density at radius 1 is 1.00 bits per heavy atom. The molecule has 0 amide bonds. The minimum absolute atomic E-state index is 0.697. The average molecular weight is 324 g/mol. The first-order chi connectivity index (χ1) is 11.8. The van der Waals surface area contributed by atoms with Crippen LogP contribution in [-0.4, -0.2) is 70.1 Å². The summed E-state index contributed by atoms with van der Waals surface area (Å²) in [6.45, 7) is 9.58. The van der Waals surface area contributed by atoms with Crippen molar-refractivity contribution in [3.63, 3.8) is 0 Å². The molecular formula is C18H24N6. The van der Waals surface area contributed by atoms with Gasteiger partial charge in [-0.1, -0.05) is 6.07 Å². The van der Waals surface area contributed by atoms with Gasteiger partial charge in [0.05, 0.1) is 0 Å². The van der Waals surface area contributed by atoms with E-state index in [-0.39, 0.29) is 0 Å². The molecular weight excluding hydrogens is 300 g/mol. The summed E-state index contributed by atoms with van der Waals surface area (Å²) in [5.74, 6) is 1.94. The SMILES string of the molecule is Cc1ncc(CN2CC(N3CCN(c4ccccn4)CC3)C2)cn1. The van der Waals surface area contributed by atoms with Gasteiger partial charge in [-0.3, -0.25) is 9.80 Å². The van der Waals surface area contributed by atoms with Gasteiger partial charge in [0, 0.05) is 76.0 Å². The van der Waals surface area contributed by atoms with Gasteiger partial charge in [-0.15, -0.1) is 0 Å². The fourth-order valence-electron chi connectivity index (χ4n) is 3.52. The molecule has 0 aliphatic carbocycles. The van der Waals surface area contributed by atoms with Crippen LogP contribution >= 0.6 is 0 Å². The number of pyridine rings is 1. The molecule has 2 aromatic rings. The number of aryl methyl sites for hydroxylation is 1. The third-order valence-corrected chi connectivity index (χ3v) is 4.98. The van der Waals surface area contributed by atoms with Gasteiger partial charge in [-0.2, -0.15) is 0 Å². The number of nitrogens with zero attached hydrogens (tertiary/aromatic N) is 6. The van der Waals surface area contributed by atoms with E-state index in [0.717, 1.165) is 57.5 Å². The molecule has 2 aliphatic heterocycles. The Labute approximate surface area is 143 Å². The maximum Gasteiger partial charge on any atom is 0.128 e. The second kappa shape index (κ2) is 6.83. The van der Waals surface area contributed by atoms with Gasteiger partial charge in [0.1, 0.15) is 11.6 Å². The topological polar surface area (TPSA) is 48.4 Å². The molecule has 126 valence electrons. The van der Waals surface area contributed by atoms with Gasteiger partial charge in [0.25, 0.3) is 0 Å². The first-order valence-electron chi connectivity index (χ1n) is 8.68. The number of likely N-dealkylation sites (tertiary alicyclic amines) is 1. The van der Waals surface area contributed by atoms with Gasteiger partial charge in [-0.25, -0.2) is 15.0 Å². The zero-order valence-corrected chi connectivity index (χ0v) is 14.2. The predicted molar refractivity (Wildman–Crippen MR) is 93.9 cm³/mol. The fourth-order valence-corrected chi connectivity index (χ4v) is 3.52. The monoisotopic (exact) mass is 324 g/mol. The van der Waals surface area contributed by atoms with Gasteiger partial charge in [0.15, 0.2) is 0 Å². The van der Waals surface area contributed by atoms with Crippen LogP contribution in [0.15, 0.2) is 36.8 Å². The van der Waals surface area contributed by atoms with Gasteiger partial charge < -0.3 is 4.90 Å².